The predicted octanol–water partition coefficient (Wildman–Crippen LogP) is 4.80. The molecule has 2 aromatic rings. The van der Waals surface area contributed by atoms with Crippen molar-refractivity contribution in [1.82, 2.24) is 4.57 Å². The van der Waals surface area contributed by atoms with Gasteiger partial charge in [-0.3, -0.25) is 9.59 Å². The molecule has 1 aliphatic carbocycles. The Morgan fingerprint density at radius 3 is 2.39 bits per heavy atom. The zero-order chi connectivity index (χ0) is 20.7. The minimum absolute atomic E-state index is 0.264. The lowest BCUT2D eigenvalue weighted by molar-refractivity contribution is -0.148. The molecule has 1 atom stereocenters. The number of ketones is 1. The molecule has 4 nitrogen and oxygen atoms in total. The third-order valence-corrected chi connectivity index (χ3v) is 6.56. The Bertz CT molecular complexity index is 920. The molecule has 1 aromatic heterocycles. The molecule has 0 aliphatic heterocycles. The second-order valence-electron chi connectivity index (χ2n) is 7.53. The van der Waals surface area contributed by atoms with E-state index in [1.807, 2.05) is 18.4 Å². The van der Waals surface area contributed by atoms with Crippen LogP contribution in [0.2, 0.25) is 0 Å². The number of ether oxygens (including phenoxy) is 1. The van der Waals surface area contributed by atoms with Crippen LogP contribution in [-0.4, -0.2) is 27.3 Å². The summed E-state index contributed by atoms with van der Waals surface area (Å²) < 4.78 is 19.1. The number of carbonyl (C=O) groups is 2. The number of alkyl halides is 2. The Labute approximate surface area is 173 Å². The number of hydrogen-bond donors (Lipinski definition) is 0. The van der Waals surface area contributed by atoms with Crippen molar-refractivity contribution in [3.63, 3.8) is 0 Å². The van der Waals surface area contributed by atoms with Gasteiger partial charge in [-0.15, -0.1) is 23.2 Å². The number of nitrogens with zero attached hydrogens (tertiary/aromatic N) is 1. The minimum Gasteiger partial charge on any atom is -0.457 e. The number of carbonyl (C=O) groups excluding carboxylic acids is 2. The molecule has 1 aromatic carbocycles. The average molecular weight is 426 g/mol. The SMILES string of the molecule is Cc1cc(C(=O)COC(=O)[C@@]2(C)CC2(Cl)Cl)c(C)n1CCc1ccc(F)cc1. The number of halogens is 3. The van der Waals surface area contributed by atoms with Gasteiger partial charge >= 0.3 is 5.97 Å². The topological polar surface area (TPSA) is 48.3 Å². The Morgan fingerprint density at radius 2 is 1.82 bits per heavy atom. The second-order valence-corrected chi connectivity index (χ2v) is 9.01. The lowest BCUT2D eigenvalue weighted by Crippen LogP contribution is -2.24. The van der Waals surface area contributed by atoms with Crippen LogP contribution < -0.4 is 0 Å². The molecular formula is C21H22Cl2FNO3. The minimum atomic E-state index is -1.12. The molecule has 0 N–H and O–H groups in total. The zero-order valence-corrected chi connectivity index (χ0v) is 17.5. The highest BCUT2D eigenvalue weighted by atomic mass is 35.5. The molecule has 1 saturated carbocycles. The van der Waals surface area contributed by atoms with Crippen molar-refractivity contribution >= 4 is 35.0 Å². The summed E-state index contributed by atoms with van der Waals surface area (Å²) in [4.78, 5) is 24.7. The van der Waals surface area contributed by atoms with Crippen LogP contribution in [0.15, 0.2) is 30.3 Å². The lowest BCUT2D eigenvalue weighted by Gasteiger charge is -2.12. The molecule has 0 bridgehead atoms. The molecule has 3 rings (SSSR count). The first-order valence-electron chi connectivity index (χ1n) is 9.04. The maximum absolute atomic E-state index is 13.0. The molecule has 1 aliphatic rings. The van der Waals surface area contributed by atoms with Gasteiger partial charge < -0.3 is 9.30 Å². The highest BCUT2D eigenvalue weighted by Crippen LogP contribution is 2.64. The van der Waals surface area contributed by atoms with E-state index in [0.29, 0.717) is 24.9 Å². The summed E-state index contributed by atoms with van der Waals surface area (Å²) in [6.07, 6.45) is 1.03. The van der Waals surface area contributed by atoms with Gasteiger partial charge in [-0.05, 0) is 51.0 Å². The van der Waals surface area contributed by atoms with Crippen LogP contribution in [0.25, 0.3) is 0 Å². The molecule has 1 fully saturated rings. The average Bonchev–Trinajstić information content (AvgIpc) is 3.03. The van der Waals surface area contributed by atoms with Gasteiger partial charge in [-0.25, -0.2) is 4.39 Å². The van der Waals surface area contributed by atoms with E-state index in [9.17, 15) is 14.0 Å². The summed E-state index contributed by atoms with van der Waals surface area (Å²) in [6, 6.07) is 8.17. The van der Waals surface area contributed by atoms with E-state index in [1.165, 1.54) is 12.1 Å². The number of rotatable bonds is 7. The van der Waals surface area contributed by atoms with E-state index >= 15 is 0 Å². The van der Waals surface area contributed by atoms with Gasteiger partial charge in [0.15, 0.2) is 6.61 Å². The smallest absolute Gasteiger partial charge is 0.315 e. The Morgan fingerprint density at radius 1 is 1.21 bits per heavy atom. The molecule has 1 heterocycles. The summed E-state index contributed by atoms with van der Waals surface area (Å²) >= 11 is 11.9. The number of benzene rings is 1. The normalized spacial score (nSPS) is 20.1. The van der Waals surface area contributed by atoms with E-state index in [-0.39, 0.29) is 18.2 Å². The van der Waals surface area contributed by atoms with Crippen molar-refractivity contribution in [2.24, 2.45) is 5.41 Å². The van der Waals surface area contributed by atoms with Gasteiger partial charge in [0.05, 0.1) is 0 Å². The third kappa shape index (κ3) is 3.96. The molecule has 0 amide bonds. The number of Topliss-reactive ketones (excluding diaryl/α,β-unsaturated/α-hetero) is 1. The van der Waals surface area contributed by atoms with Crippen molar-refractivity contribution < 1.29 is 18.7 Å². The predicted molar refractivity (Wildman–Crippen MR) is 106 cm³/mol. The molecule has 0 spiro atoms. The van der Waals surface area contributed by atoms with Crippen molar-refractivity contribution in [3.05, 3.63) is 58.7 Å². The standard InChI is InChI=1S/C21H22Cl2FNO3/c1-13-10-17(18(26)11-28-19(27)20(3)12-21(20,22)23)14(2)25(13)9-8-15-4-6-16(24)7-5-15/h4-7,10H,8-9,11-12H2,1-3H3/t20-/m1/s1. The maximum atomic E-state index is 13.0. The van der Waals surface area contributed by atoms with E-state index in [1.54, 1.807) is 25.1 Å². The summed E-state index contributed by atoms with van der Waals surface area (Å²) in [5.41, 5.74) is 2.32. The summed E-state index contributed by atoms with van der Waals surface area (Å²) in [7, 11) is 0. The molecule has 7 heteroatoms. The van der Waals surface area contributed by atoms with Crippen LogP contribution in [-0.2, 0) is 22.5 Å². The quantitative estimate of drug-likeness (QED) is 0.363. The molecule has 150 valence electrons. The fraction of sp³-hybridized carbons (Fsp3) is 0.429. The zero-order valence-electron chi connectivity index (χ0n) is 16.0. The Balaban J connectivity index is 1.63. The highest BCUT2D eigenvalue weighted by molar-refractivity contribution is 6.53. The fourth-order valence-electron chi connectivity index (χ4n) is 3.31. The molecular weight excluding hydrogens is 404 g/mol. The second kappa shape index (κ2) is 7.53. The summed E-state index contributed by atoms with van der Waals surface area (Å²) in [6.45, 7) is 5.72. The largest absolute Gasteiger partial charge is 0.457 e. The maximum Gasteiger partial charge on any atom is 0.315 e. The summed E-state index contributed by atoms with van der Waals surface area (Å²) in [5, 5.41) is 0. The van der Waals surface area contributed by atoms with Gasteiger partial charge in [-0.2, -0.15) is 0 Å². The van der Waals surface area contributed by atoms with Crippen molar-refractivity contribution in [2.45, 2.75) is 44.5 Å². The third-order valence-electron chi connectivity index (χ3n) is 5.45. The van der Waals surface area contributed by atoms with Gasteiger partial charge in [0.2, 0.25) is 5.78 Å². The first-order chi connectivity index (χ1) is 13.0. The monoisotopic (exact) mass is 425 g/mol. The molecule has 28 heavy (non-hydrogen) atoms. The van der Waals surface area contributed by atoms with Crippen molar-refractivity contribution in [1.29, 1.82) is 0 Å². The Hall–Kier alpha value is -1.85. The summed E-state index contributed by atoms with van der Waals surface area (Å²) in [5.74, 6) is -1.09. The molecule has 0 radical (unpaired) electrons. The van der Waals surface area contributed by atoms with Crippen molar-refractivity contribution in [3.8, 4) is 0 Å². The van der Waals surface area contributed by atoms with Gasteiger partial charge in [0.25, 0.3) is 0 Å². The molecule has 0 unspecified atom stereocenters. The van der Waals surface area contributed by atoms with Crippen LogP contribution in [0, 0.1) is 25.1 Å². The van der Waals surface area contributed by atoms with Crippen LogP contribution in [0.5, 0.6) is 0 Å². The number of aromatic nitrogens is 1. The van der Waals surface area contributed by atoms with Gasteiger partial charge in [-0.1, -0.05) is 12.1 Å². The number of esters is 1. The van der Waals surface area contributed by atoms with Crippen molar-refractivity contribution in [2.75, 3.05) is 6.61 Å². The first-order valence-corrected chi connectivity index (χ1v) is 9.80. The van der Waals surface area contributed by atoms with Crippen LogP contribution in [0.3, 0.4) is 0 Å². The van der Waals surface area contributed by atoms with E-state index in [2.05, 4.69) is 0 Å². The lowest BCUT2D eigenvalue weighted by atomic mass is 10.1. The van der Waals surface area contributed by atoms with Crippen LogP contribution in [0.4, 0.5) is 4.39 Å². The van der Waals surface area contributed by atoms with Crippen LogP contribution in [0.1, 0.15) is 40.7 Å². The van der Waals surface area contributed by atoms with E-state index in [0.717, 1.165) is 17.0 Å². The number of hydrogen-bond acceptors (Lipinski definition) is 3. The van der Waals surface area contributed by atoms with Gasteiger partial charge in [0.1, 0.15) is 15.6 Å². The Kier molecular flexibility index (Phi) is 5.61. The van der Waals surface area contributed by atoms with E-state index < -0.39 is 15.7 Å². The first kappa shape index (κ1) is 20.9. The fourth-order valence-corrected chi connectivity index (χ4v) is 4.00. The van der Waals surface area contributed by atoms with Crippen LogP contribution >= 0.6 is 23.2 Å². The van der Waals surface area contributed by atoms with Gasteiger partial charge in [0, 0.05) is 29.9 Å². The van der Waals surface area contributed by atoms with E-state index in [4.69, 9.17) is 27.9 Å². The molecule has 0 saturated heterocycles. The number of aryl methyl sites for hydroxylation is 2. The highest BCUT2D eigenvalue weighted by Gasteiger charge is 2.69.